The number of benzene rings is 1. The molecule has 0 aliphatic carbocycles. The SMILES string of the molecule is Cl.Cl.NCc1cc(C(=O)N2CCN(Cc3csc(-c4ccccc4)n3)CC2)co1. The number of nitrogens with zero attached hydrogens (tertiary/aromatic N) is 3. The molecule has 1 aromatic carbocycles. The number of carbonyl (C=O) groups excluding carboxylic acids is 1. The average Bonchev–Trinajstić information content (AvgIpc) is 3.38. The third kappa shape index (κ3) is 5.58. The van der Waals surface area contributed by atoms with Crippen molar-refractivity contribution in [2.75, 3.05) is 26.2 Å². The van der Waals surface area contributed by atoms with Gasteiger partial charge in [-0.1, -0.05) is 30.3 Å². The van der Waals surface area contributed by atoms with E-state index in [1.54, 1.807) is 17.4 Å². The van der Waals surface area contributed by atoms with Crippen LogP contribution in [0, 0.1) is 0 Å². The van der Waals surface area contributed by atoms with Gasteiger partial charge in [-0.25, -0.2) is 4.98 Å². The summed E-state index contributed by atoms with van der Waals surface area (Å²) < 4.78 is 5.27. The third-order valence-corrected chi connectivity index (χ3v) is 5.66. The number of amides is 1. The molecule has 156 valence electrons. The summed E-state index contributed by atoms with van der Waals surface area (Å²) in [6, 6.07) is 12.0. The van der Waals surface area contributed by atoms with Gasteiger partial charge in [-0.05, 0) is 6.07 Å². The Balaban J connectivity index is 0.00000150. The highest BCUT2D eigenvalue weighted by atomic mass is 35.5. The second-order valence-corrected chi connectivity index (χ2v) is 7.44. The molecule has 3 heterocycles. The van der Waals surface area contributed by atoms with Gasteiger partial charge < -0.3 is 15.1 Å². The number of hydrogen-bond acceptors (Lipinski definition) is 6. The maximum absolute atomic E-state index is 12.6. The molecule has 1 amide bonds. The lowest BCUT2D eigenvalue weighted by atomic mass is 10.2. The Morgan fingerprint density at radius 3 is 2.52 bits per heavy atom. The Morgan fingerprint density at radius 2 is 1.86 bits per heavy atom. The molecule has 1 fully saturated rings. The molecule has 0 unspecified atom stereocenters. The zero-order valence-corrected chi connectivity index (χ0v) is 18.3. The van der Waals surface area contributed by atoms with Crippen molar-refractivity contribution in [3.05, 3.63) is 65.1 Å². The predicted molar refractivity (Wildman–Crippen MR) is 120 cm³/mol. The van der Waals surface area contributed by atoms with Crippen molar-refractivity contribution in [2.24, 2.45) is 5.73 Å². The first-order valence-corrected chi connectivity index (χ1v) is 9.90. The number of furan rings is 1. The minimum absolute atomic E-state index is 0. The minimum Gasteiger partial charge on any atom is -0.467 e. The van der Waals surface area contributed by atoms with Crippen LogP contribution in [-0.4, -0.2) is 46.9 Å². The molecule has 1 aliphatic rings. The Bertz CT molecular complexity index is 908. The number of halogens is 2. The Hall–Kier alpha value is -1.90. The number of carbonyl (C=O) groups is 1. The van der Waals surface area contributed by atoms with E-state index in [9.17, 15) is 4.79 Å². The third-order valence-electron chi connectivity index (χ3n) is 4.72. The quantitative estimate of drug-likeness (QED) is 0.636. The first-order valence-electron chi connectivity index (χ1n) is 9.02. The lowest BCUT2D eigenvalue weighted by Crippen LogP contribution is -2.48. The molecule has 0 spiro atoms. The molecule has 1 aliphatic heterocycles. The number of hydrogen-bond donors (Lipinski definition) is 1. The summed E-state index contributed by atoms with van der Waals surface area (Å²) in [4.78, 5) is 21.5. The second kappa shape index (κ2) is 10.8. The maximum atomic E-state index is 12.6. The molecule has 2 N–H and O–H groups in total. The monoisotopic (exact) mass is 454 g/mol. The minimum atomic E-state index is 0. The normalized spacial score (nSPS) is 14.2. The van der Waals surface area contributed by atoms with E-state index in [2.05, 4.69) is 22.4 Å². The number of aromatic nitrogens is 1. The van der Waals surface area contributed by atoms with Gasteiger partial charge in [0.1, 0.15) is 17.0 Å². The number of rotatable bonds is 5. The van der Waals surface area contributed by atoms with E-state index in [1.807, 2.05) is 23.1 Å². The van der Waals surface area contributed by atoms with E-state index < -0.39 is 0 Å². The number of piperazine rings is 1. The fourth-order valence-electron chi connectivity index (χ4n) is 3.21. The lowest BCUT2D eigenvalue weighted by molar-refractivity contribution is 0.0626. The van der Waals surface area contributed by atoms with Gasteiger partial charge in [-0.3, -0.25) is 9.69 Å². The number of nitrogens with two attached hydrogens (primary N) is 1. The first kappa shape index (κ1) is 23.4. The molecule has 3 aromatic rings. The van der Waals surface area contributed by atoms with Crippen LogP contribution in [-0.2, 0) is 13.1 Å². The van der Waals surface area contributed by atoms with Gasteiger partial charge >= 0.3 is 0 Å². The molecule has 9 heteroatoms. The maximum Gasteiger partial charge on any atom is 0.257 e. The standard InChI is InChI=1S/C20H22N4O2S.2ClH/c21-11-18-10-16(13-26-18)20(25)24-8-6-23(7-9-24)12-17-14-27-19(22-17)15-4-2-1-3-5-15;;/h1-5,10,13-14H,6-9,11-12,21H2;2*1H. The Morgan fingerprint density at radius 1 is 1.14 bits per heavy atom. The van der Waals surface area contributed by atoms with Crippen molar-refractivity contribution in [3.63, 3.8) is 0 Å². The molecular weight excluding hydrogens is 431 g/mol. The van der Waals surface area contributed by atoms with Gasteiger partial charge in [-0.2, -0.15) is 0 Å². The van der Waals surface area contributed by atoms with Gasteiger partial charge in [0.15, 0.2) is 0 Å². The summed E-state index contributed by atoms with van der Waals surface area (Å²) in [7, 11) is 0. The van der Waals surface area contributed by atoms with Crippen molar-refractivity contribution < 1.29 is 9.21 Å². The van der Waals surface area contributed by atoms with E-state index in [0.29, 0.717) is 31.0 Å². The Kier molecular flexibility index (Phi) is 8.67. The van der Waals surface area contributed by atoms with Crippen molar-refractivity contribution in [1.29, 1.82) is 0 Å². The molecule has 1 saturated heterocycles. The van der Waals surface area contributed by atoms with Crippen molar-refractivity contribution >= 4 is 42.1 Å². The van der Waals surface area contributed by atoms with Crippen LogP contribution in [0.15, 0.2) is 52.5 Å². The van der Waals surface area contributed by atoms with E-state index in [4.69, 9.17) is 15.1 Å². The van der Waals surface area contributed by atoms with Crippen LogP contribution in [0.25, 0.3) is 10.6 Å². The summed E-state index contributed by atoms with van der Waals surface area (Å²) in [6.07, 6.45) is 1.50. The van der Waals surface area contributed by atoms with E-state index in [-0.39, 0.29) is 30.7 Å². The highest BCUT2D eigenvalue weighted by molar-refractivity contribution is 7.13. The fourth-order valence-corrected chi connectivity index (χ4v) is 4.03. The molecule has 0 bridgehead atoms. The van der Waals surface area contributed by atoms with Crippen molar-refractivity contribution in [3.8, 4) is 10.6 Å². The molecule has 2 aromatic heterocycles. The van der Waals surface area contributed by atoms with Crippen LogP contribution in [0.2, 0.25) is 0 Å². The zero-order chi connectivity index (χ0) is 18.6. The van der Waals surface area contributed by atoms with Gasteiger partial charge in [0.05, 0.1) is 17.8 Å². The summed E-state index contributed by atoms with van der Waals surface area (Å²) >= 11 is 1.68. The van der Waals surface area contributed by atoms with E-state index in [1.165, 1.54) is 6.26 Å². The van der Waals surface area contributed by atoms with Gasteiger partial charge in [0.2, 0.25) is 0 Å². The van der Waals surface area contributed by atoms with Crippen LogP contribution in [0.1, 0.15) is 21.8 Å². The number of thiazole rings is 1. The van der Waals surface area contributed by atoms with E-state index >= 15 is 0 Å². The average molecular weight is 455 g/mol. The second-order valence-electron chi connectivity index (χ2n) is 6.58. The first-order chi connectivity index (χ1) is 13.2. The molecule has 0 saturated carbocycles. The molecule has 29 heavy (non-hydrogen) atoms. The topological polar surface area (TPSA) is 75.6 Å². The largest absolute Gasteiger partial charge is 0.467 e. The highest BCUT2D eigenvalue weighted by Crippen LogP contribution is 2.24. The summed E-state index contributed by atoms with van der Waals surface area (Å²) in [5.41, 5.74) is 8.36. The molecular formula is C20H24Cl2N4O2S. The van der Waals surface area contributed by atoms with Gasteiger partial charge in [-0.15, -0.1) is 36.2 Å². The van der Waals surface area contributed by atoms with Crippen molar-refractivity contribution in [1.82, 2.24) is 14.8 Å². The van der Waals surface area contributed by atoms with Crippen molar-refractivity contribution in [2.45, 2.75) is 13.1 Å². The van der Waals surface area contributed by atoms with Crippen LogP contribution in [0.5, 0.6) is 0 Å². The van der Waals surface area contributed by atoms with Gasteiger partial charge in [0.25, 0.3) is 5.91 Å². The zero-order valence-electron chi connectivity index (χ0n) is 15.8. The molecule has 6 nitrogen and oxygen atoms in total. The van der Waals surface area contributed by atoms with Crippen LogP contribution in [0.4, 0.5) is 0 Å². The van der Waals surface area contributed by atoms with Gasteiger partial charge in [0, 0.05) is 43.7 Å². The van der Waals surface area contributed by atoms with Crippen LogP contribution in [0.3, 0.4) is 0 Å². The van der Waals surface area contributed by atoms with E-state index in [0.717, 1.165) is 35.9 Å². The molecule has 0 atom stereocenters. The smallest absolute Gasteiger partial charge is 0.257 e. The van der Waals surface area contributed by atoms with Crippen LogP contribution >= 0.6 is 36.2 Å². The highest BCUT2D eigenvalue weighted by Gasteiger charge is 2.23. The van der Waals surface area contributed by atoms with Crippen LogP contribution < -0.4 is 5.73 Å². The molecule has 4 rings (SSSR count). The fraction of sp³-hybridized carbons (Fsp3) is 0.300. The lowest BCUT2D eigenvalue weighted by Gasteiger charge is -2.34. The Labute approximate surface area is 186 Å². The molecule has 0 radical (unpaired) electrons. The summed E-state index contributed by atoms with van der Waals surface area (Å²) in [5, 5.41) is 3.18. The summed E-state index contributed by atoms with van der Waals surface area (Å²) in [6.45, 7) is 4.21. The summed E-state index contributed by atoms with van der Waals surface area (Å²) in [5.74, 6) is 0.646. The predicted octanol–water partition coefficient (Wildman–Crippen LogP) is 3.66.